The number of sulfone groups is 1. The number of nitrogens with one attached hydrogen (secondary N) is 2. The highest BCUT2D eigenvalue weighted by molar-refractivity contribution is 7.92. The van der Waals surface area contributed by atoms with Crippen LogP contribution in [0.1, 0.15) is 12.8 Å². The molecule has 4 aromatic rings. The van der Waals surface area contributed by atoms with E-state index in [2.05, 4.69) is 25.8 Å². The number of hydrogen-bond donors (Lipinski definition) is 3. The van der Waals surface area contributed by atoms with Gasteiger partial charge in [0.05, 0.1) is 35.2 Å². The molecule has 0 aliphatic carbocycles. The molecule has 11 heteroatoms. The van der Waals surface area contributed by atoms with Crippen LogP contribution in [0.5, 0.6) is 0 Å². The second-order valence-corrected chi connectivity index (χ2v) is 11.6. The number of aromatic nitrogens is 3. The van der Waals surface area contributed by atoms with Crippen molar-refractivity contribution in [3.63, 3.8) is 0 Å². The molecule has 0 bridgehead atoms. The zero-order chi connectivity index (χ0) is 27.1. The van der Waals surface area contributed by atoms with E-state index in [1.54, 1.807) is 36.5 Å². The summed E-state index contributed by atoms with van der Waals surface area (Å²) in [5.74, 6) is 0.628. The van der Waals surface area contributed by atoms with Crippen molar-refractivity contribution >= 4 is 15.7 Å². The fourth-order valence-corrected chi connectivity index (χ4v) is 6.17. The Morgan fingerprint density at radius 2 is 1.64 bits per heavy atom. The number of hydrogen-bond acceptors (Lipinski definition) is 10. The Morgan fingerprint density at radius 1 is 0.897 bits per heavy atom. The predicted octanol–water partition coefficient (Wildman–Crippen LogP) is 3.18. The Hall–Kier alpha value is -3.64. The first-order valence-corrected chi connectivity index (χ1v) is 14.6. The molecule has 204 valence electrons. The molecule has 6 rings (SSSR count). The van der Waals surface area contributed by atoms with Crippen LogP contribution in [0.25, 0.3) is 34.0 Å². The Balaban J connectivity index is 0.000000455. The summed E-state index contributed by atoms with van der Waals surface area (Å²) >= 11 is 0. The van der Waals surface area contributed by atoms with Crippen molar-refractivity contribution in [1.82, 2.24) is 25.8 Å². The zero-order valence-corrected chi connectivity index (χ0v) is 22.4. The van der Waals surface area contributed by atoms with Crippen molar-refractivity contribution in [3.05, 3.63) is 66.9 Å². The van der Waals surface area contributed by atoms with Gasteiger partial charge in [-0.25, -0.2) is 18.4 Å². The Bertz CT molecular complexity index is 1450. The summed E-state index contributed by atoms with van der Waals surface area (Å²) < 4.78 is 36.4. The highest BCUT2D eigenvalue weighted by Gasteiger charge is 2.28. The molecule has 2 saturated heterocycles. The number of nitrogens with zero attached hydrogens (tertiary/aromatic N) is 3. The average molecular weight is 549 g/mol. The van der Waals surface area contributed by atoms with Crippen LogP contribution in [0, 0.1) is 0 Å². The van der Waals surface area contributed by atoms with Crippen LogP contribution in [0.4, 0.5) is 5.82 Å². The van der Waals surface area contributed by atoms with Crippen molar-refractivity contribution in [2.45, 2.75) is 23.0 Å². The van der Waals surface area contributed by atoms with E-state index in [9.17, 15) is 8.42 Å². The molecule has 10 nitrogen and oxygen atoms in total. The van der Waals surface area contributed by atoms with Gasteiger partial charge in [-0.15, -0.1) is 0 Å². The van der Waals surface area contributed by atoms with Gasteiger partial charge in [0.1, 0.15) is 5.69 Å². The van der Waals surface area contributed by atoms with Crippen molar-refractivity contribution in [2.75, 3.05) is 45.1 Å². The van der Waals surface area contributed by atoms with E-state index in [1.807, 2.05) is 30.3 Å². The highest BCUT2D eigenvalue weighted by atomic mass is 32.2. The third-order valence-electron chi connectivity index (χ3n) is 6.63. The molecule has 2 aromatic heterocycles. The number of morpholine rings is 1. The molecular formula is C28H32N6O4S. The molecule has 2 aliphatic rings. The molecule has 4 heterocycles. The van der Waals surface area contributed by atoms with Crippen molar-refractivity contribution in [3.8, 4) is 34.0 Å². The van der Waals surface area contributed by atoms with Gasteiger partial charge in [-0.05, 0) is 31.5 Å². The molecule has 4 N–H and O–H groups in total. The molecule has 39 heavy (non-hydrogen) atoms. The quantitative estimate of drug-likeness (QED) is 0.340. The summed E-state index contributed by atoms with van der Waals surface area (Å²) in [5, 5.41) is 10.0. The van der Waals surface area contributed by atoms with Gasteiger partial charge < -0.3 is 25.6 Å². The summed E-state index contributed by atoms with van der Waals surface area (Å²) in [6.45, 7) is 5.18. The summed E-state index contributed by atoms with van der Waals surface area (Å²) in [4.78, 5) is 9.19. The smallest absolute Gasteiger partial charge is 0.189 e. The van der Waals surface area contributed by atoms with Crippen LogP contribution in [-0.2, 0) is 14.6 Å². The van der Waals surface area contributed by atoms with Crippen molar-refractivity contribution in [1.29, 1.82) is 0 Å². The molecule has 2 fully saturated rings. The molecule has 0 unspecified atom stereocenters. The molecule has 2 aliphatic heterocycles. The molecule has 0 radical (unpaired) electrons. The van der Waals surface area contributed by atoms with Gasteiger partial charge >= 0.3 is 0 Å². The van der Waals surface area contributed by atoms with Crippen LogP contribution >= 0.6 is 0 Å². The highest BCUT2D eigenvalue weighted by Crippen LogP contribution is 2.30. The van der Waals surface area contributed by atoms with Gasteiger partial charge in [-0.1, -0.05) is 47.6 Å². The molecule has 1 atom stereocenters. The van der Waals surface area contributed by atoms with E-state index >= 15 is 0 Å². The molecule has 0 amide bonds. The topological polar surface area (TPSA) is 145 Å². The first-order chi connectivity index (χ1) is 19.0. The number of benzene rings is 2. The third kappa shape index (κ3) is 6.51. The Morgan fingerprint density at radius 3 is 2.28 bits per heavy atom. The number of ether oxygens (including phenoxy) is 1. The number of nitrogens with two attached hydrogens (primary N) is 1. The number of piperidine rings is 1. The van der Waals surface area contributed by atoms with Gasteiger partial charge in [-0.2, -0.15) is 0 Å². The van der Waals surface area contributed by atoms with E-state index < -0.39 is 15.1 Å². The summed E-state index contributed by atoms with van der Waals surface area (Å²) in [6, 6.07) is 18.1. The number of anilines is 1. The van der Waals surface area contributed by atoms with Gasteiger partial charge in [0.2, 0.25) is 0 Å². The maximum absolute atomic E-state index is 12.9. The summed E-state index contributed by atoms with van der Waals surface area (Å²) in [6.07, 6.45) is 3.09. The van der Waals surface area contributed by atoms with E-state index in [4.69, 9.17) is 15.0 Å². The predicted molar refractivity (Wildman–Crippen MR) is 150 cm³/mol. The third-order valence-corrected chi connectivity index (χ3v) is 8.84. The lowest BCUT2D eigenvalue weighted by molar-refractivity contribution is 0.109. The second-order valence-electron chi connectivity index (χ2n) is 9.33. The molecule has 0 saturated carbocycles. The minimum absolute atomic E-state index is 0.221. The number of rotatable bonds is 5. The Labute approximate surface area is 227 Å². The van der Waals surface area contributed by atoms with Gasteiger partial charge in [0, 0.05) is 36.8 Å². The summed E-state index contributed by atoms with van der Waals surface area (Å²) in [5.41, 5.74) is 9.32. The monoisotopic (exact) mass is 548 g/mol. The van der Waals surface area contributed by atoms with Crippen LogP contribution < -0.4 is 16.4 Å². The fraction of sp³-hybridized carbons (Fsp3) is 0.321. The first-order valence-electron chi connectivity index (χ1n) is 13.0. The maximum atomic E-state index is 12.9. The lowest BCUT2D eigenvalue weighted by Gasteiger charge is -2.22. The average Bonchev–Trinajstić information content (AvgIpc) is 3.50. The van der Waals surface area contributed by atoms with Crippen LogP contribution in [0.15, 0.2) is 76.3 Å². The first kappa shape index (κ1) is 26.9. The Kier molecular flexibility index (Phi) is 8.62. The van der Waals surface area contributed by atoms with Crippen molar-refractivity contribution in [2.24, 2.45) is 0 Å². The van der Waals surface area contributed by atoms with Crippen LogP contribution in [0.3, 0.4) is 0 Å². The second kappa shape index (κ2) is 12.5. The van der Waals surface area contributed by atoms with E-state index in [0.717, 1.165) is 50.4 Å². The van der Waals surface area contributed by atoms with Crippen LogP contribution in [-0.4, -0.2) is 68.2 Å². The largest absolute Gasteiger partial charge is 0.382 e. The molecule has 0 spiro atoms. The lowest BCUT2D eigenvalue weighted by atomic mass is 10.1. The summed E-state index contributed by atoms with van der Waals surface area (Å²) in [7, 11) is -3.38. The van der Waals surface area contributed by atoms with E-state index in [1.165, 1.54) is 0 Å². The van der Waals surface area contributed by atoms with Crippen LogP contribution in [0.2, 0.25) is 0 Å². The SMILES string of the molecule is C1COCCN1.Nc1ncc(-c2ccc(S(=O)(=O)[C@H]3CCCNC3)cc2)nc1-c1cc(-c2ccccc2)no1. The normalized spacial score (nSPS) is 17.7. The van der Waals surface area contributed by atoms with E-state index in [-0.39, 0.29) is 5.82 Å². The molecular weight excluding hydrogens is 516 g/mol. The van der Waals surface area contributed by atoms with E-state index in [0.29, 0.717) is 40.7 Å². The minimum Gasteiger partial charge on any atom is -0.382 e. The van der Waals surface area contributed by atoms with Gasteiger partial charge in [-0.3, -0.25) is 0 Å². The zero-order valence-electron chi connectivity index (χ0n) is 21.5. The fourth-order valence-electron chi connectivity index (χ4n) is 4.46. The van der Waals surface area contributed by atoms with Gasteiger partial charge in [0.15, 0.2) is 27.1 Å². The minimum atomic E-state index is -3.38. The van der Waals surface area contributed by atoms with Crippen molar-refractivity contribution < 1.29 is 17.7 Å². The number of nitrogen functional groups attached to an aromatic ring is 1. The maximum Gasteiger partial charge on any atom is 0.189 e. The lowest BCUT2D eigenvalue weighted by Crippen LogP contribution is -2.38. The standard InChI is InChI=1S/C24H23N5O3S.C4H9NO/c25-24-23(22-13-20(29-32-22)16-5-2-1-3-6-16)28-21(15-27-24)17-8-10-18(11-9-17)33(30,31)19-7-4-12-26-14-19;1-3-6-4-2-5-1/h1-3,5-6,8-11,13,15,19,26H,4,7,12,14H2,(H2,25,27);5H,1-4H2/t19-;/m0./s1. The molecule has 2 aromatic carbocycles. The van der Waals surface area contributed by atoms with Gasteiger partial charge in [0.25, 0.3) is 0 Å².